The number of carbonyl (C=O) groups is 1. The SMILES string of the molecule is CC1(C)O[C@H](CO)[C@H](C(=O)Nc2ccccc2Br)O1. The number of carbonyl (C=O) groups excluding carboxylic acids is 1. The number of nitrogens with one attached hydrogen (secondary N) is 1. The van der Waals surface area contributed by atoms with Gasteiger partial charge in [0.15, 0.2) is 11.9 Å². The molecule has 0 spiro atoms. The maximum absolute atomic E-state index is 12.2. The Morgan fingerprint density at radius 1 is 1.42 bits per heavy atom. The molecule has 0 unspecified atom stereocenters. The Labute approximate surface area is 120 Å². The zero-order chi connectivity index (χ0) is 14.0. The molecule has 0 bridgehead atoms. The van der Waals surface area contributed by atoms with Crippen molar-refractivity contribution in [3.8, 4) is 0 Å². The first kappa shape index (κ1) is 14.5. The highest BCUT2D eigenvalue weighted by Crippen LogP contribution is 2.29. The highest BCUT2D eigenvalue weighted by molar-refractivity contribution is 9.10. The van der Waals surface area contributed by atoms with Gasteiger partial charge < -0.3 is 19.9 Å². The first-order chi connectivity index (χ1) is 8.93. The van der Waals surface area contributed by atoms with Crippen LogP contribution in [0.1, 0.15) is 13.8 Å². The van der Waals surface area contributed by atoms with E-state index in [9.17, 15) is 9.90 Å². The molecule has 1 heterocycles. The van der Waals surface area contributed by atoms with Crippen LogP contribution in [0.5, 0.6) is 0 Å². The molecule has 1 aromatic rings. The number of anilines is 1. The smallest absolute Gasteiger partial charge is 0.256 e. The Morgan fingerprint density at radius 2 is 2.11 bits per heavy atom. The lowest BCUT2D eigenvalue weighted by Gasteiger charge is -2.16. The molecule has 2 rings (SSSR count). The largest absolute Gasteiger partial charge is 0.394 e. The average Bonchev–Trinajstić information content (AvgIpc) is 2.67. The van der Waals surface area contributed by atoms with Gasteiger partial charge in [-0.1, -0.05) is 12.1 Å². The van der Waals surface area contributed by atoms with Crippen molar-refractivity contribution in [3.05, 3.63) is 28.7 Å². The quantitative estimate of drug-likeness (QED) is 0.888. The molecule has 19 heavy (non-hydrogen) atoms. The van der Waals surface area contributed by atoms with Crippen LogP contribution in [0.3, 0.4) is 0 Å². The molecule has 1 aliphatic rings. The zero-order valence-corrected chi connectivity index (χ0v) is 12.3. The predicted octanol–water partition coefficient (Wildman–Crippen LogP) is 1.90. The van der Waals surface area contributed by atoms with E-state index < -0.39 is 18.0 Å². The number of hydrogen-bond donors (Lipinski definition) is 2. The molecule has 1 saturated heterocycles. The normalized spacial score (nSPS) is 25.3. The molecule has 6 heteroatoms. The number of amides is 1. The third kappa shape index (κ3) is 3.33. The number of para-hydroxylation sites is 1. The van der Waals surface area contributed by atoms with Gasteiger partial charge in [0.25, 0.3) is 5.91 Å². The first-order valence-electron chi connectivity index (χ1n) is 5.95. The maximum Gasteiger partial charge on any atom is 0.256 e. The highest BCUT2D eigenvalue weighted by Gasteiger charge is 2.44. The van der Waals surface area contributed by atoms with Gasteiger partial charge in [0.2, 0.25) is 0 Å². The number of benzene rings is 1. The van der Waals surface area contributed by atoms with E-state index in [4.69, 9.17) is 9.47 Å². The molecular weight excluding hydrogens is 314 g/mol. The lowest BCUT2D eigenvalue weighted by atomic mass is 10.2. The maximum atomic E-state index is 12.2. The van der Waals surface area contributed by atoms with Crippen LogP contribution in [0.2, 0.25) is 0 Å². The Balaban J connectivity index is 2.10. The van der Waals surface area contributed by atoms with Crippen LogP contribution in [-0.4, -0.2) is 35.6 Å². The van der Waals surface area contributed by atoms with E-state index in [1.54, 1.807) is 19.9 Å². The average molecular weight is 330 g/mol. The zero-order valence-electron chi connectivity index (χ0n) is 10.7. The standard InChI is InChI=1S/C13H16BrNO4/c1-13(2)18-10(7-16)11(19-13)12(17)15-9-6-4-3-5-8(9)14/h3-6,10-11,16H,7H2,1-2H3,(H,15,17)/t10-,11-/m1/s1. The number of halogens is 1. The number of ether oxygens (including phenoxy) is 2. The summed E-state index contributed by atoms with van der Waals surface area (Å²) in [5.74, 6) is -1.21. The third-order valence-corrected chi connectivity index (χ3v) is 3.45. The van der Waals surface area contributed by atoms with Crippen LogP contribution in [-0.2, 0) is 14.3 Å². The molecule has 1 fully saturated rings. The highest BCUT2D eigenvalue weighted by atomic mass is 79.9. The van der Waals surface area contributed by atoms with E-state index in [-0.39, 0.29) is 12.5 Å². The van der Waals surface area contributed by atoms with Crippen molar-refractivity contribution in [2.45, 2.75) is 31.8 Å². The molecule has 2 atom stereocenters. The fraction of sp³-hybridized carbons (Fsp3) is 0.462. The Morgan fingerprint density at radius 3 is 2.74 bits per heavy atom. The molecule has 0 saturated carbocycles. The molecule has 0 radical (unpaired) electrons. The van der Waals surface area contributed by atoms with Crippen molar-refractivity contribution < 1.29 is 19.4 Å². The molecule has 5 nitrogen and oxygen atoms in total. The second-order valence-electron chi connectivity index (χ2n) is 4.75. The van der Waals surface area contributed by atoms with Crippen molar-refractivity contribution in [1.29, 1.82) is 0 Å². The van der Waals surface area contributed by atoms with Crippen molar-refractivity contribution in [2.24, 2.45) is 0 Å². The van der Waals surface area contributed by atoms with Crippen LogP contribution in [0, 0.1) is 0 Å². The van der Waals surface area contributed by atoms with Crippen molar-refractivity contribution >= 4 is 27.5 Å². The number of rotatable bonds is 3. The Bertz CT molecular complexity index is 477. The topological polar surface area (TPSA) is 67.8 Å². The van der Waals surface area contributed by atoms with E-state index in [0.29, 0.717) is 5.69 Å². The third-order valence-electron chi connectivity index (χ3n) is 2.75. The van der Waals surface area contributed by atoms with E-state index in [0.717, 1.165) is 4.47 Å². The summed E-state index contributed by atoms with van der Waals surface area (Å²) >= 11 is 3.35. The van der Waals surface area contributed by atoms with Crippen LogP contribution < -0.4 is 5.32 Å². The molecular formula is C13H16BrNO4. The molecule has 2 N–H and O–H groups in total. The van der Waals surface area contributed by atoms with Crippen molar-refractivity contribution in [1.82, 2.24) is 0 Å². The van der Waals surface area contributed by atoms with Gasteiger partial charge in [-0.2, -0.15) is 0 Å². The molecule has 0 aromatic heterocycles. The van der Waals surface area contributed by atoms with E-state index in [1.807, 2.05) is 18.2 Å². The molecule has 1 amide bonds. The van der Waals surface area contributed by atoms with Gasteiger partial charge in [-0.15, -0.1) is 0 Å². The fourth-order valence-electron chi connectivity index (χ4n) is 1.96. The van der Waals surface area contributed by atoms with Crippen molar-refractivity contribution in [2.75, 3.05) is 11.9 Å². The monoisotopic (exact) mass is 329 g/mol. The minimum atomic E-state index is -0.872. The lowest BCUT2D eigenvalue weighted by Crippen LogP contribution is -2.38. The second kappa shape index (κ2) is 5.58. The van der Waals surface area contributed by atoms with Crippen LogP contribution in [0.4, 0.5) is 5.69 Å². The van der Waals surface area contributed by atoms with Gasteiger partial charge >= 0.3 is 0 Å². The summed E-state index contributed by atoms with van der Waals surface area (Å²) in [6.45, 7) is 3.15. The number of hydrogen-bond acceptors (Lipinski definition) is 4. The van der Waals surface area contributed by atoms with Crippen LogP contribution >= 0.6 is 15.9 Å². The van der Waals surface area contributed by atoms with Gasteiger partial charge in [0.05, 0.1) is 12.3 Å². The molecule has 0 aliphatic carbocycles. The summed E-state index contributed by atoms with van der Waals surface area (Å²) in [6, 6.07) is 7.28. The summed E-state index contributed by atoms with van der Waals surface area (Å²) in [5, 5.41) is 12.0. The van der Waals surface area contributed by atoms with Crippen molar-refractivity contribution in [3.63, 3.8) is 0 Å². The summed E-state index contributed by atoms with van der Waals surface area (Å²) in [5.41, 5.74) is 0.650. The van der Waals surface area contributed by atoms with Crippen LogP contribution in [0.15, 0.2) is 28.7 Å². The molecule has 1 aliphatic heterocycles. The lowest BCUT2D eigenvalue weighted by molar-refractivity contribution is -0.155. The first-order valence-corrected chi connectivity index (χ1v) is 6.74. The van der Waals surface area contributed by atoms with Gasteiger partial charge in [-0.25, -0.2) is 0 Å². The van der Waals surface area contributed by atoms with Gasteiger partial charge in [0, 0.05) is 4.47 Å². The van der Waals surface area contributed by atoms with Crippen LogP contribution in [0.25, 0.3) is 0 Å². The Kier molecular flexibility index (Phi) is 4.25. The van der Waals surface area contributed by atoms with Gasteiger partial charge in [-0.05, 0) is 41.9 Å². The minimum Gasteiger partial charge on any atom is -0.394 e. The second-order valence-corrected chi connectivity index (χ2v) is 5.60. The molecule has 1 aromatic carbocycles. The van der Waals surface area contributed by atoms with Gasteiger partial charge in [-0.3, -0.25) is 4.79 Å². The predicted molar refractivity (Wildman–Crippen MR) is 73.7 cm³/mol. The van der Waals surface area contributed by atoms with E-state index in [1.165, 1.54) is 0 Å². The minimum absolute atomic E-state index is 0.266. The van der Waals surface area contributed by atoms with Gasteiger partial charge in [0.1, 0.15) is 6.10 Å². The summed E-state index contributed by atoms with van der Waals surface area (Å²) < 4.78 is 11.8. The van der Waals surface area contributed by atoms with E-state index in [2.05, 4.69) is 21.2 Å². The van der Waals surface area contributed by atoms with E-state index >= 15 is 0 Å². The summed E-state index contributed by atoms with van der Waals surface area (Å²) in [6.07, 6.45) is -1.48. The number of aliphatic hydroxyl groups excluding tert-OH is 1. The fourth-order valence-corrected chi connectivity index (χ4v) is 2.34. The number of aliphatic hydroxyl groups is 1. The molecule has 104 valence electrons. The summed E-state index contributed by atoms with van der Waals surface area (Å²) in [4.78, 5) is 12.2. The summed E-state index contributed by atoms with van der Waals surface area (Å²) in [7, 11) is 0. The Hall–Kier alpha value is -0.950.